The van der Waals surface area contributed by atoms with Crippen molar-refractivity contribution in [1.29, 1.82) is 0 Å². The predicted octanol–water partition coefficient (Wildman–Crippen LogP) is 1.55. The molecular formula is C18H30N5O4P. The number of nitro groups is 1. The van der Waals surface area contributed by atoms with Crippen molar-refractivity contribution in [2.45, 2.75) is 25.5 Å². The topological polar surface area (TPSA) is 109 Å². The van der Waals surface area contributed by atoms with E-state index < -0.39 is 4.92 Å². The van der Waals surface area contributed by atoms with Crippen molar-refractivity contribution < 1.29 is 14.0 Å². The largest absolute Gasteiger partial charge is 0.328 e. The Morgan fingerprint density at radius 3 is 2.29 bits per heavy atom. The second kappa shape index (κ2) is 13.7. The molecule has 0 radical (unpaired) electrons. The van der Waals surface area contributed by atoms with Gasteiger partial charge in [-0.05, 0) is 38.0 Å². The minimum Gasteiger partial charge on any atom is -0.315 e. The molecule has 156 valence electrons. The van der Waals surface area contributed by atoms with Crippen LogP contribution >= 0.6 is 8.69 Å². The van der Waals surface area contributed by atoms with Gasteiger partial charge in [-0.3, -0.25) is 19.5 Å². The molecule has 1 aromatic carbocycles. The SMILES string of the molecule is O=POC(Cc1ccc([N+](=O)[O-])cc1)N1CCCNCCNCCCNCC1. The fourth-order valence-electron chi connectivity index (χ4n) is 3.16. The Labute approximate surface area is 167 Å². The molecule has 1 aliphatic rings. The van der Waals surface area contributed by atoms with Crippen molar-refractivity contribution >= 4 is 14.4 Å². The van der Waals surface area contributed by atoms with Crippen molar-refractivity contribution in [1.82, 2.24) is 20.9 Å². The average molecular weight is 411 g/mol. The zero-order valence-corrected chi connectivity index (χ0v) is 17.0. The van der Waals surface area contributed by atoms with Crippen LogP contribution in [-0.2, 0) is 15.5 Å². The Hall–Kier alpha value is -1.48. The Balaban J connectivity index is 1.98. The monoisotopic (exact) mass is 411 g/mol. The maximum Gasteiger partial charge on any atom is 0.328 e. The summed E-state index contributed by atoms with van der Waals surface area (Å²) in [5, 5.41) is 21.1. The molecule has 0 bridgehead atoms. The molecule has 3 N–H and O–H groups in total. The van der Waals surface area contributed by atoms with Crippen LogP contribution < -0.4 is 16.0 Å². The van der Waals surface area contributed by atoms with Crippen LogP contribution in [0.1, 0.15) is 18.4 Å². The molecule has 0 aliphatic carbocycles. The molecule has 1 aromatic rings. The molecule has 0 amide bonds. The number of nitrogens with one attached hydrogen (secondary N) is 3. The smallest absolute Gasteiger partial charge is 0.315 e. The summed E-state index contributed by atoms with van der Waals surface area (Å²) in [6.07, 6.45) is 2.19. The first-order valence-corrected chi connectivity index (χ1v) is 10.5. The van der Waals surface area contributed by atoms with Crippen molar-refractivity contribution in [2.75, 3.05) is 52.4 Å². The molecule has 1 saturated heterocycles. The van der Waals surface area contributed by atoms with Crippen LogP contribution in [0.25, 0.3) is 0 Å². The van der Waals surface area contributed by atoms with Crippen LogP contribution in [-0.4, -0.2) is 68.4 Å². The third-order valence-corrected chi connectivity index (χ3v) is 5.02. The van der Waals surface area contributed by atoms with E-state index in [0.717, 1.165) is 70.8 Å². The molecule has 1 atom stereocenters. The average Bonchev–Trinajstić information content (AvgIpc) is 2.69. The van der Waals surface area contributed by atoms with E-state index in [4.69, 9.17) is 4.52 Å². The molecule has 28 heavy (non-hydrogen) atoms. The van der Waals surface area contributed by atoms with Crippen LogP contribution in [0.4, 0.5) is 5.69 Å². The fourth-order valence-corrected chi connectivity index (χ4v) is 3.47. The first-order valence-electron chi connectivity index (χ1n) is 9.78. The lowest BCUT2D eigenvalue weighted by atomic mass is 10.1. The van der Waals surface area contributed by atoms with Crippen molar-refractivity contribution in [3.8, 4) is 0 Å². The lowest BCUT2D eigenvalue weighted by molar-refractivity contribution is -0.384. The molecule has 2 rings (SSSR count). The Morgan fingerprint density at radius 1 is 1.00 bits per heavy atom. The highest BCUT2D eigenvalue weighted by Gasteiger charge is 2.20. The number of benzene rings is 1. The third kappa shape index (κ3) is 8.68. The van der Waals surface area contributed by atoms with E-state index in [2.05, 4.69) is 20.9 Å². The van der Waals surface area contributed by atoms with Gasteiger partial charge in [0.25, 0.3) is 5.69 Å². The van der Waals surface area contributed by atoms with Gasteiger partial charge < -0.3 is 16.0 Å². The van der Waals surface area contributed by atoms with Crippen LogP contribution in [0, 0.1) is 10.1 Å². The number of hydrogen-bond donors (Lipinski definition) is 3. The van der Waals surface area contributed by atoms with Gasteiger partial charge in [0.1, 0.15) is 6.23 Å². The summed E-state index contributed by atoms with van der Waals surface area (Å²) in [6, 6.07) is 6.44. The molecule has 1 heterocycles. The van der Waals surface area contributed by atoms with E-state index in [0.29, 0.717) is 6.42 Å². The van der Waals surface area contributed by atoms with E-state index in [-0.39, 0.29) is 20.6 Å². The van der Waals surface area contributed by atoms with Crippen LogP contribution in [0.3, 0.4) is 0 Å². The summed E-state index contributed by atoms with van der Waals surface area (Å²) < 4.78 is 16.7. The Morgan fingerprint density at radius 2 is 1.64 bits per heavy atom. The second-order valence-electron chi connectivity index (χ2n) is 6.76. The summed E-state index contributed by atoms with van der Waals surface area (Å²) >= 11 is 0. The maximum atomic E-state index is 11.2. The standard InChI is InChI=1S/C18H30N5O4P/c24-23(25)17-5-3-16(4-6-17)15-18(27-28-26)22-13-2-9-20-11-10-19-7-1-8-21-12-14-22/h3-6,18-21H,1-2,7-15H2. The van der Waals surface area contributed by atoms with Crippen LogP contribution in [0.5, 0.6) is 0 Å². The summed E-state index contributed by atoms with van der Waals surface area (Å²) in [7, 11) is -0.363. The van der Waals surface area contributed by atoms with Gasteiger partial charge in [-0.1, -0.05) is 12.1 Å². The molecular weight excluding hydrogens is 381 g/mol. The molecule has 0 saturated carbocycles. The minimum atomic E-state index is -0.413. The van der Waals surface area contributed by atoms with Gasteiger partial charge in [0.05, 0.1) is 4.92 Å². The van der Waals surface area contributed by atoms with E-state index in [1.807, 2.05) is 0 Å². The zero-order chi connectivity index (χ0) is 20.0. The molecule has 0 spiro atoms. The van der Waals surface area contributed by atoms with E-state index in [1.165, 1.54) is 12.1 Å². The highest BCUT2D eigenvalue weighted by molar-refractivity contribution is 7.17. The fraction of sp³-hybridized carbons (Fsp3) is 0.667. The predicted molar refractivity (Wildman–Crippen MR) is 109 cm³/mol. The lowest BCUT2D eigenvalue weighted by Gasteiger charge is -2.30. The summed E-state index contributed by atoms with van der Waals surface area (Å²) in [4.78, 5) is 12.6. The van der Waals surface area contributed by atoms with Gasteiger partial charge in [0.15, 0.2) is 0 Å². The normalized spacial score (nSPS) is 19.7. The summed E-state index contributed by atoms with van der Waals surface area (Å²) in [5.41, 5.74) is 0.974. The number of hydrogen-bond acceptors (Lipinski definition) is 8. The molecule has 1 unspecified atom stereocenters. The molecule has 1 aliphatic heterocycles. The summed E-state index contributed by atoms with van der Waals surface area (Å²) in [6.45, 7) is 7.17. The van der Waals surface area contributed by atoms with Crippen molar-refractivity contribution in [2.24, 2.45) is 0 Å². The second-order valence-corrected chi connectivity index (χ2v) is 7.12. The van der Waals surface area contributed by atoms with Gasteiger partial charge in [0.2, 0.25) is 0 Å². The highest BCUT2D eigenvalue weighted by atomic mass is 31.1. The van der Waals surface area contributed by atoms with Crippen molar-refractivity contribution in [3.05, 3.63) is 39.9 Å². The van der Waals surface area contributed by atoms with Gasteiger partial charge >= 0.3 is 8.69 Å². The van der Waals surface area contributed by atoms with Gasteiger partial charge in [-0.25, -0.2) is 4.57 Å². The summed E-state index contributed by atoms with van der Waals surface area (Å²) in [5.74, 6) is 0. The molecule has 0 aromatic heterocycles. The third-order valence-electron chi connectivity index (χ3n) is 4.69. The Kier molecular flexibility index (Phi) is 11.1. The number of rotatable bonds is 6. The van der Waals surface area contributed by atoms with E-state index in [9.17, 15) is 14.7 Å². The van der Waals surface area contributed by atoms with E-state index in [1.54, 1.807) is 12.1 Å². The minimum absolute atomic E-state index is 0.0613. The molecule has 10 heteroatoms. The van der Waals surface area contributed by atoms with Gasteiger partial charge in [-0.2, -0.15) is 0 Å². The van der Waals surface area contributed by atoms with E-state index >= 15 is 0 Å². The van der Waals surface area contributed by atoms with Crippen LogP contribution in [0.15, 0.2) is 24.3 Å². The molecule has 9 nitrogen and oxygen atoms in total. The number of nitro benzene ring substituents is 1. The number of non-ortho nitro benzene ring substituents is 1. The first-order chi connectivity index (χ1) is 13.7. The first kappa shape index (κ1) is 22.8. The van der Waals surface area contributed by atoms with Crippen molar-refractivity contribution in [3.63, 3.8) is 0 Å². The number of nitrogens with zero attached hydrogens (tertiary/aromatic N) is 2. The lowest BCUT2D eigenvalue weighted by Crippen LogP contribution is -2.43. The Bertz CT molecular complexity index is 576. The molecule has 1 fully saturated rings. The highest BCUT2D eigenvalue weighted by Crippen LogP contribution is 2.18. The van der Waals surface area contributed by atoms with Gasteiger partial charge in [0, 0.05) is 51.3 Å². The van der Waals surface area contributed by atoms with Crippen LogP contribution in [0.2, 0.25) is 0 Å². The van der Waals surface area contributed by atoms with Gasteiger partial charge in [-0.15, -0.1) is 0 Å². The quantitative estimate of drug-likeness (QED) is 0.368. The zero-order valence-electron chi connectivity index (χ0n) is 16.1. The maximum absolute atomic E-state index is 11.2.